The Morgan fingerprint density at radius 3 is 2.05 bits per heavy atom. The molecule has 1 N–H and O–H groups in total. The molecule has 0 saturated heterocycles. The van der Waals surface area contributed by atoms with Gasteiger partial charge in [-0.3, -0.25) is 4.99 Å². The Balaban J connectivity index is 1.93. The van der Waals surface area contributed by atoms with Crippen molar-refractivity contribution in [3.05, 3.63) is 69.7 Å². The highest BCUT2D eigenvalue weighted by atomic mass is 35.5. The largest absolute Gasteiger partial charge is 0.356 e. The monoisotopic (exact) mass is 350 g/mol. The zero-order valence-electron chi connectivity index (χ0n) is 12.1. The number of rotatable bonds is 3. The molecule has 0 fully saturated rings. The Kier molecular flexibility index (Phi) is 4.97. The molecule has 2 aromatic rings. The van der Waals surface area contributed by atoms with Crippen LogP contribution in [-0.4, -0.2) is 10.9 Å². The molecular weight excluding hydrogens is 335 g/mol. The van der Waals surface area contributed by atoms with E-state index in [4.69, 9.17) is 28.2 Å². The number of hydrogen-bond donors (Lipinski definition) is 1. The lowest BCUT2D eigenvalue weighted by Crippen LogP contribution is -2.22. The fourth-order valence-electron chi connectivity index (χ4n) is 2.53. The summed E-state index contributed by atoms with van der Waals surface area (Å²) in [5.41, 5.74) is 2.34. The molecule has 114 valence electrons. The minimum Gasteiger partial charge on any atom is -0.356 e. The summed E-state index contributed by atoms with van der Waals surface area (Å²) < 4.78 is 0. The van der Waals surface area contributed by atoms with Crippen molar-refractivity contribution in [1.29, 1.82) is 0 Å². The van der Waals surface area contributed by atoms with E-state index in [1.165, 1.54) is 5.56 Å². The van der Waals surface area contributed by atoms with Gasteiger partial charge in [-0.2, -0.15) is 0 Å². The van der Waals surface area contributed by atoms with Gasteiger partial charge < -0.3 is 5.32 Å². The first-order valence-electron chi connectivity index (χ1n) is 7.15. The van der Waals surface area contributed by atoms with Crippen LogP contribution in [0.15, 0.2) is 53.5 Å². The number of amidine groups is 1. The van der Waals surface area contributed by atoms with Crippen LogP contribution < -0.4 is 5.32 Å². The molecule has 0 aliphatic carbocycles. The van der Waals surface area contributed by atoms with Crippen LogP contribution >= 0.6 is 35.0 Å². The van der Waals surface area contributed by atoms with E-state index in [1.807, 2.05) is 36.4 Å². The molecule has 1 heterocycles. The Hall–Kier alpha value is -1.16. The standard InChI is InChI=1S/C17H16Cl2N2S/c1-2-22-17-20-15(11-3-7-13(18)8-4-11)16(21-17)12-5-9-14(19)10-6-12/h3-10,15-16H,2H2,1H3,(H,20,21)/t15-,16-/m0/s1. The predicted octanol–water partition coefficient (Wildman–Crippen LogP) is 5.49. The maximum Gasteiger partial charge on any atom is 0.157 e. The average molecular weight is 351 g/mol. The van der Waals surface area contributed by atoms with Crippen LogP contribution in [0, 0.1) is 0 Å². The highest BCUT2D eigenvalue weighted by Crippen LogP contribution is 2.38. The van der Waals surface area contributed by atoms with Crippen LogP contribution in [0.4, 0.5) is 0 Å². The van der Waals surface area contributed by atoms with Gasteiger partial charge in [0.1, 0.15) is 6.04 Å². The third-order valence-corrected chi connectivity index (χ3v) is 4.86. The van der Waals surface area contributed by atoms with Crippen molar-refractivity contribution in [1.82, 2.24) is 5.32 Å². The van der Waals surface area contributed by atoms with Crippen LogP contribution in [-0.2, 0) is 0 Å². The first-order valence-corrected chi connectivity index (χ1v) is 8.89. The minimum absolute atomic E-state index is 0.0486. The molecular formula is C17H16Cl2N2S. The molecule has 0 spiro atoms. The Bertz CT molecular complexity index is 668. The number of aliphatic imine (C=N–C) groups is 1. The van der Waals surface area contributed by atoms with E-state index >= 15 is 0 Å². The Morgan fingerprint density at radius 2 is 1.50 bits per heavy atom. The second kappa shape index (κ2) is 6.95. The van der Waals surface area contributed by atoms with Crippen molar-refractivity contribution in [2.24, 2.45) is 4.99 Å². The van der Waals surface area contributed by atoms with Gasteiger partial charge in [0.05, 0.1) is 6.04 Å². The number of hydrogen-bond acceptors (Lipinski definition) is 3. The van der Waals surface area contributed by atoms with Crippen LogP contribution in [0.2, 0.25) is 10.0 Å². The van der Waals surface area contributed by atoms with E-state index in [9.17, 15) is 0 Å². The summed E-state index contributed by atoms with van der Waals surface area (Å²) in [5.74, 6) is 0.993. The van der Waals surface area contributed by atoms with Gasteiger partial charge in [-0.05, 0) is 41.1 Å². The van der Waals surface area contributed by atoms with Gasteiger partial charge in [0.25, 0.3) is 0 Å². The molecule has 0 radical (unpaired) electrons. The van der Waals surface area contributed by atoms with Gasteiger partial charge in [0.15, 0.2) is 5.17 Å². The fraction of sp³-hybridized carbons (Fsp3) is 0.235. The molecule has 0 unspecified atom stereocenters. The summed E-state index contributed by atoms with van der Waals surface area (Å²) in [5, 5.41) is 6.00. The molecule has 2 aromatic carbocycles. The maximum atomic E-state index is 6.00. The van der Waals surface area contributed by atoms with E-state index in [-0.39, 0.29) is 12.1 Å². The van der Waals surface area contributed by atoms with Gasteiger partial charge in [-0.25, -0.2) is 0 Å². The summed E-state index contributed by atoms with van der Waals surface area (Å²) in [6, 6.07) is 16.0. The van der Waals surface area contributed by atoms with Crippen molar-refractivity contribution in [2.75, 3.05) is 5.75 Å². The molecule has 1 aliphatic heterocycles. The third kappa shape index (κ3) is 3.43. The van der Waals surface area contributed by atoms with Gasteiger partial charge >= 0.3 is 0 Å². The van der Waals surface area contributed by atoms with Gasteiger partial charge in [-0.15, -0.1) is 0 Å². The summed E-state index contributed by atoms with van der Waals surface area (Å²) in [6.45, 7) is 2.13. The quantitative estimate of drug-likeness (QED) is 0.791. The van der Waals surface area contributed by atoms with E-state index in [1.54, 1.807) is 11.8 Å². The molecule has 3 rings (SSSR count). The maximum absolute atomic E-state index is 6.00. The average Bonchev–Trinajstić information content (AvgIpc) is 2.93. The predicted molar refractivity (Wildman–Crippen MR) is 97.1 cm³/mol. The number of benzene rings is 2. The summed E-state index contributed by atoms with van der Waals surface area (Å²) in [7, 11) is 0. The molecule has 0 aromatic heterocycles. The van der Waals surface area contributed by atoms with E-state index < -0.39 is 0 Å². The van der Waals surface area contributed by atoms with Crippen LogP contribution in [0.1, 0.15) is 30.1 Å². The number of nitrogens with zero attached hydrogens (tertiary/aromatic N) is 1. The first kappa shape index (κ1) is 15.7. The lowest BCUT2D eigenvalue weighted by molar-refractivity contribution is 0.573. The van der Waals surface area contributed by atoms with Crippen molar-refractivity contribution in [2.45, 2.75) is 19.0 Å². The van der Waals surface area contributed by atoms with Gasteiger partial charge in [0.2, 0.25) is 0 Å². The summed E-state index contributed by atoms with van der Waals surface area (Å²) >= 11 is 13.7. The number of nitrogens with one attached hydrogen (secondary N) is 1. The number of thioether (sulfide) groups is 1. The summed E-state index contributed by atoms with van der Waals surface area (Å²) in [4.78, 5) is 4.85. The van der Waals surface area contributed by atoms with Crippen LogP contribution in [0.25, 0.3) is 0 Å². The first-order chi connectivity index (χ1) is 10.7. The lowest BCUT2D eigenvalue weighted by Gasteiger charge is -2.19. The van der Waals surface area contributed by atoms with Crippen LogP contribution in [0.5, 0.6) is 0 Å². The highest BCUT2D eigenvalue weighted by Gasteiger charge is 2.31. The zero-order chi connectivity index (χ0) is 15.5. The van der Waals surface area contributed by atoms with Crippen LogP contribution in [0.3, 0.4) is 0 Å². The zero-order valence-corrected chi connectivity index (χ0v) is 14.4. The van der Waals surface area contributed by atoms with E-state index in [2.05, 4.69) is 24.4 Å². The smallest absolute Gasteiger partial charge is 0.157 e. The van der Waals surface area contributed by atoms with Crippen molar-refractivity contribution in [3.8, 4) is 0 Å². The second-order valence-corrected chi connectivity index (χ2v) is 7.16. The molecule has 5 heteroatoms. The van der Waals surface area contributed by atoms with Gasteiger partial charge in [0, 0.05) is 10.0 Å². The molecule has 22 heavy (non-hydrogen) atoms. The summed E-state index contributed by atoms with van der Waals surface area (Å²) in [6.07, 6.45) is 0. The lowest BCUT2D eigenvalue weighted by atomic mass is 9.95. The van der Waals surface area contributed by atoms with E-state index in [0.29, 0.717) is 0 Å². The number of halogens is 2. The molecule has 2 nitrogen and oxygen atoms in total. The second-order valence-electron chi connectivity index (χ2n) is 5.04. The fourth-order valence-corrected chi connectivity index (χ4v) is 3.45. The molecule has 0 amide bonds. The van der Waals surface area contributed by atoms with Gasteiger partial charge in [-0.1, -0.05) is 66.2 Å². The topological polar surface area (TPSA) is 24.4 Å². The molecule has 0 saturated carbocycles. The molecule has 2 atom stereocenters. The third-order valence-electron chi connectivity index (χ3n) is 3.57. The SMILES string of the molecule is CCSC1=N[C@@H](c2ccc(Cl)cc2)[C@H](c2ccc(Cl)cc2)N1. The molecule has 0 bridgehead atoms. The minimum atomic E-state index is 0.0486. The van der Waals surface area contributed by atoms with Crippen molar-refractivity contribution < 1.29 is 0 Å². The molecule has 1 aliphatic rings. The highest BCUT2D eigenvalue weighted by molar-refractivity contribution is 8.13. The van der Waals surface area contributed by atoms with E-state index in [0.717, 1.165) is 26.5 Å². The Morgan fingerprint density at radius 1 is 0.955 bits per heavy atom. The van der Waals surface area contributed by atoms with Crippen molar-refractivity contribution in [3.63, 3.8) is 0 Å². The normalized spacial score (nSPS) is 20.6. The Labute approximate surface area is 144 Å². The van der Waals surface area contributed by atoms with Crippen molar-refractivity contribution >= 4 is 40.1 Å².